The van der Waals surface area contributed by atoms with Crippen LogP contribution in [0.5, 0.6) is 0 Å². The second-order valence-electron chi connectivity index (χ2n) is 6.64. The molecule has 2 aromatic carbocycles. The highest BCUT2D eigenvalue weighted by Gasteiger charge is 2.11. The zero-order chi connectivity index (χ0) is 22.0. The SMILES string of the molecule is O=C(N/N=C(/c1ccccc1)c1ccccn1)N/N=C(/c1ccccc1)c1ccccn1. The summed E-state index contributed by atoms with van der Waals surface area (Å²) in [5, 5.41) is 8.59. The Morgan fingerprint density at radius 2 is 0.969 bits per heavy atom. The van der Waals surface area contributed by atoms with Crippen LogP contribution in [0.4, 0.5) is 4.79 Å². The zero-order valence-corrected chi connectivity index (χ0v) is 17.1. The van der Waals surface area contributed by atoms with Crippen LogP contribution in [0.15, 0.2) is 120 Å². The molecule has 0 saturated carbocycles. The van der Waals surface area contributed by atoms with Gasteiger partial charge in [0.25, 0.3) is 0 Å². The number of nitrogens with zero attached hydrogens (tertiary/aromatic N) is 4. The minimum Gasteiger partial charge on any atom is -0.255 e. The van der Waals surface area contributed by atoms with Crippen molar-refractivity contribution in [1.82, 2.24) is 20.8 Å². The van der Waals surface area contributed by atoms with Gasteiger partial charge in [-0.15, -0.1) is 0 Å². The number of hydrogen-bond acceptors (Lipinski definition) is 5. The molecule has 0 aliphatic rings. The molecule has 0 unspecified atom stereocenters. The molecule has 0 bridgehead atoms. The number of carbonyl (C=O) groups is 1. The Morgan fingerprint density at radius 3 is 1.34 bits per heavy atom. The van der Waals surface area contributed by atoms with Gasteiger partial charge in [-0.2, -0.15) is 10.2 Å². The van der Waals surface area contributed by atoms with Crippen LogP contribution in [-0.2, 0) is 0 Å². The number of benzene rings is 2. The van der Waals surface area contributed by atoms with E-state index in [0.29, 0.717) is 22.8 Å². The van der Waals surface area contributed by atoms with Gasteiger partial charge in [0.1, 0.15) is 11.4 Å². The number of pyridine rings is 2. The van der Waals surface area contributed by atoms with E-state index >= 15 is 0 Å². The minimum atomic E-state index is -0.585. The zero-order valence-electron chi connectivity index (χ0n) is 17.1. The van der Waals surface area contributed by atoms with Crippen molar-refractivity contribution in [1.29, 1.82) is 0 Å². The molecule has 7 nitrogen and oxygen atoms in total. The van der Waals surface area contributed by atoms with Crippen LogP contribution >= 0.6 is 0 Å². The largest absolute Gasteiger partial charge is 0.355 e. The van der Waals surface area contributed by atoms with Crippen molar-refractivity contribution in [3.63, 3.8) is 0 Å². The Hall–Kier alpha value is -4.65. The van der Waals surface area contributed by atoms with Gasteiger partial charge in [-0.3, -0.25) is 9.97 Å². The molecule has 2 amide bonds. The number of carbonyl (C=O) groups excluding carboxylic acids is 1. The predicted octanol–water partition coefficient (Wildman–Crippen LogP) is 3.98. The van der Waals surface area contributed by atoms with Crippen LogP contribution < -0.4 is 10.9 Å². The molecule has 4 aromatic rings. The number of urea groups is 1. The molecule has 2 heterocycles. The first-order valence-electron chi connectivity index (χ1n) is 9.96. The first-order valence-corrected chi connectivity index (χ1v) is 9.96. The summed E-state index contributed by atoms with van der Waals surface area (Å²) >= 11 is 0. The monoisotopic (exact) mass is 420 g/mol. The van der Waals surface area contributed by atoms with Gasteiger partial charge in [0, 0.05) is 23.5 Å². The average molecular weight is 420 g/mol. The lowest BCUT2D eigenvalue weighted by Crippen LogP contribution is -2.31. The molecular weight excluding hydrogens is 400 g/mol. The van der Waals surface area contributed by atoms with Crippen molar-refractivity contribution < 1.29 is 4.79 Å². The number of amides is 2. The van der Waals surface area contributed by atoms with E-state index < -0.39 is 6.03 Å². The van der Waals surface area contributed by atoms with Crippen molar-refractivity contribution in [2.24, 2.45) is 10.2 Å². The highest BCUT2D eigenvalue weighted by atomic mass is 16.2. The van der Waals surface area contributed by atoms with Crippen LogP contribution in [0.25, 0.3) is 0 Å². The lowest BCUT2D eigenvalue weighted by molar-refractivity contribution is 0.242. The molecule has 0 radical (unpaired) electrons. The van der Waals surface area contributed by atoms with Gasteiger partial charge in [-0.25, -0.2) is 15.6 Å². The molecule has 4 rings (SSSR count). The number of nitrogens with one attached hydrogen (secondary N) is 2. The van der Waals surface area contributed by atoms with Crippen molar-refractivity contribution in [2.45, 2.75) is 0 Å². The lowest BCUT2D eigenvalue weighted by atomic mass is 10.1. The maximum absolute atomic E-state index is 12.5. The molecule has 2 N–H and O–H groups in total. The van der Waals surface area contributed by atoms with Gasteiger partial charge in [0.15, 0.2) is 0 Å². The van der Waals surface area contributed by atoms with Crippen LogP contribution in [-0.4, -0.2) is 27.4 Å². The van der Waals surface area contributed by atoms with Crippen molar-refractivity contribution in [3.05, 3.63) is 132 Å². The van der Waals surface area contributed by atoms with Crippen molar-refractivity contribution >= 4 is 17.5 Å². The maximum atomic E-state index is 12.5. The van der Waals surface area contributed by atoms with Crippen LogP contribution in [0.3, 0.4) is 0 Å². The highest BCUT2D eigenvalue weighted by molar-refractivity contribution is 6.12. The van der Waals surface area contributed by atoms with Crippen LogP contribution in [0.1, 0.15) is 22.5 Å². The topological polar surface area (TPSA) is 91.6 Å². The number of rotatable bonds is 6. The Balaban J connectivity index is 1.57. The quantitative estimate of drug-likeness (QED) is 0.365. The number of hydrogen-bond donors (Lipinski definition) is 2. The fourth-order valence-corrected chi connectivity index (χ4v) is 2.98. The molecule has 0 atom stereocenters. The summed E-state index contributed by atoms with van der Waals surface area (Å²) in [6.45, 7) is 0. The fraction of sp³-hybridized carbons (Fsp3) is 0. The summed E-state index contributed by atoms with van der Waals surface area (Å²) in [4.78, 5) is 21.2. The van der Waals surface area contributed by atoms with Gasteiger partial charge >= 0.3 is 6.03 Å². The molecule has 0 saturated heterocycles. The normalized spacial score (nSPS) is 11.6. The summed E-state index contributed by atoms with van der Waals surface area (Å²) in [6.07, 6.45) is 3.36. The van der Waals surface area contributed by atoms with Gasteiger partial charge in [0.2, 0.25) is 0 Å². The molecule has 0 aliphatic carbocycles. The third kappa shape index (κ3) is 5.28. The minimum absolute atomic E-state index is 0.540. The van der Waals surface area contributed by atoms with Crippen molar-refractivity contribution in [3.8, 4) is 0 Å². The second-order valence-corrected chi connectivity index (χ2v) is 6.64. The predicted molar refractivity (Wildman–Crippen MR) is 124 cm³/mol. The van der Waals surface area contributed by atoms with Gasteiger partial charge < -0.3 is 0 Å². The number of aromatic nitrogens is 2. The maximum Gasteiger partial charge on any atom is 0.355 e. The Kier molecular flexibility index (Phi) is 6.70. The summed E-state index contributed by atoms with van der Waals surface area (Å²) < 4.78 is 0. The van der Waals surface area contributed by atoms with E-state index in [-0.39, 0.29) is 0 Å². The molecule has 0 fully saturated rings. The van der Waals surface area contributed by atoms with E-state index in [2.05, 4.69) is 31.0 Å². The van der Waals surface area contributed by atoms with E-state index in [1.54, 1.807) is 12.4 Å². The molecule has 0 spiro atoms. The molecule has 7 heteroatoms. The van der Waals surface area contributed by atoms with E-state index in [4.69, 9.17) is 0 Å². The summed E-state index contributed by atoms with van der Waals surface area (Å²) in [5.41, 5.74) is 9.03. The van der Waals surface area contributed by atoms with Gasteiger partial charge in [0.05, 0.1) is 11.4 Å². The van der Waals surface area contributed by atoms with E-state index in [9.17, 15) is 4.79 Å². The first-order chi connectivity index (χ1) is 15.8. The Morgan fingerprint density at radius 1 is 0.562 bits per heavy atom. The highest BCUT2D eigenvalue weighted by Crippen LogP contribution is 2.09. The molecule has 2 aromatic heterocycles. The van der Waals surface area contributed by atoms with Crippen LogP contribution in [0, 0.1) is 0 Å². The number of hydrazone groups is 2. The van der Waals surface area contributed by atoms with E-state index in [1.165, 1.54) is 0 Å². The molecule has 156 valence electrons. The third-order valence-electron chi connectivity index (χ3n) is 4.45. The smallest absolute Gasteiger partial charge is 0.255 e. The van der Waals surface area contributed by atoms with Gasteiger partial charge in [-0.1, -0.05) is 72.8 Å². The second kappa shape index (κ2) is 10.4. The lowest BCUT2D eigenvalue weighted by Gasteiger charge is -2.08. The first kappa shape index (κ1) is 20.6. The van der Waals surface area contributed by atoms with Gasteiger partial charge in [-0.05, 0) is 24.3 Å². The van der Waals surface area contributed by atoms with Crippen molar-refractivity contribution in [2.75, 3.05) is 0 Å². The van der Waals surface area contributed by atoms with E-state index in [1.807, 2.05) is 97.1 Å². The molecule has 32 heavy (non-hydrogen) atoms. The summed E-state index contributed by atoms with van der Waals surface area (Å²) in [6, 6.07) is 29.5. The van der Waals surface area contributed by atoms with E-state index in [0.717, 1.165) is 11.1 Å². The Labute approximate surface area is 185 Å². The Bertz CT molecular complexity index is 1030. The summed E-state index contributed by atoms with van der Waals surface area (Å²) in [7, 11) is 0. The molecule has 0 aliphatic heterocycles. The average Bonchev–Trinajstić information content (AvgIpc) is 2.87. The summed E-state index contributed by atoms with van der Waals surface area (Å²) in [5.74, 6) is 0. The molecular formula is C25H20N6O. The fourth-order valence-electron chi connectivity index (χ4n) is 2.98. The standard InChI is InChI=1S/C25H20N6O/c32-25(30-28-23(19-11-3-1-4-12-19)21-15-7-9-17-26-21)31-29-24(20-13-5-2-6-14-20)22-16-8-10-18-27-22/h1-18H,(H2,30,31,32)/b28-23-,29-24-. The van der Waals surface area contributed by atoms with Crippen LogP contribution in [0.2, 0.25) is 0 Å². The third-order valence-corrected chi connectivity index (χ3v) is 4.45.